The van der Waals surface area contributed by atoms with Crippen molar-refractivity contribution in [3.8, 4) is 6.07 Å². The van der Waals surface area contributed by atoms with E-state index in [-0.39, 0.29) is 66.4 Å². The molecule has 0 aliphatic rings. The predicted molar refractivity (Wildman–Crippen MR) is 244 cm³/mol. The summed E-state index contributed by atoms with van der Waals surface area (Å²) >= 11 is 8.88. The molecule has 0 saturated heterocycles. The largest absolute Gasteiger partial charge is 1.00 e. The van der Waals surface area contributed by atoms with Crippen molar-refractivity contribution in [2.75, 3.05) is 19.8 Å². The van der Waals surface area contributed by atoms with Gasteiger partial charge in [-0.05, 0) is 89.9 Å². The van der Waals surface area contributed by atoms with E-state index in [2.05, 4.69) is 71.3 Å². The molecule has 30 heteroatoms. The molecule has 0 saturated carbocycles. The number of aryl methyl sites for hydroxylation is 4. The number of nitriles is 1. The van der Waals surface area contributed by atoms with Crippen molar-refractivity contribution >= 4 is 91.3 Å². The summed E-state index contributed by atoms with van der Waals surface area (Å²) < 4.78 is 15.2. The van der Waals surface area contributed by atoms with Crippen molar-refractivity contribution in [1.29, 1.82) is 5.26 Å². The fraction of sp³-hybridized carbons (Fsp3) is 0.459. The summed E-state index contributed by atoms with van der Waals surface area (Å²) in [6.45, 7) is 24.3. The number of pyridine rings is 1. The first-order valence-corrected chi connectivity index (χ1v) is 22.6. The Morgan fingerprint density at radius 1 is 0.881 bits per heavy atom. The number of aromatic nitrogens is 9. The van der Waals surface area contributed by atoms with Crippen LogP contribution in [0.2, 0.25) is 0 Å². The number of carbonyl (C=O) groups excluding carboxylic acids is 5. The van der Waals surface area contributed by atoms with Gasteiger partial charge in [0.1, 0.15) is 41.3 Å². The number of ether oxygens (including phenoxy) is 3. The maximum atomic E-state index is 12.1. The van der Waals surface area contributed by atoms with Gasteiger partial charge >= 0.3 is 65.6 Å². The third-order valence-corrected chi connectivity index (χ3v) is 10.1. The number of esters is 3. The second-order valence-electron chi connectivity index (χ2n) is 11.2. The van der Waals surface area contributed by atoms with Crippen molar-refractivity contribution < 1.29 is 77.6 Å². The molecule has 0 bridgehead atoms. The summed E-state index contributed by atoms with van der Waals surface area (Å²) in [6.07, 6.45) is 3.36. The first-order chi connectivity index (χ1) is 31.3. The number of halogens is 1. The van der Waals surface area contributed by atoms with Crippen LogP contribution in [0.4, 0.5) is 0 Å². The molecule has 0 spiro atoms. The standard InChI is InChI=1S/C11H12N4O2S.C7H10N2O2S.C6H5NO2.C6H12O2.C3H3BrN2S.C3H4N2S.CO2.HNO2.Na/c1-5-17-10(16)11(3,8(6-12)13-4)9-15-14-7(2)18-9;1-3-11-7(10)4-6-9-8-5(2)12-6;8-6(9)5-3-1-2-4-7-5;1-3-5-6(7)8-4-2;1-2-5-6-3(4)7-2;1-3-5-4-2-6-3;2*2-1-3;/h8H,5H2,1-3H3;3-4H2,1-2H3;1-4H,(H,8,9);3-5H2,1-2H3;1H3;2H,1H3;;(H,2,3);/q;;;;;;;;+1/p-1. The van der Waals surface area contributed by atoms with E-state index in [9.17, 15) is 19.2 Å². The van der Waals surface area contributed by atoms with Crippen molar-refractivity contribution in [1.82, 2.24) is 45.8 Å². The summed E-state index contributed by atoms with van der Waals surface area (Å²) in [6, 6.07) is 5.40. The maximum absolute atomic E-state index is 12.1. The number of rotatable bonds is 11. The first kappa shape index (κ1) is 68.1. The van der Waals surface area contributed by atoms with Gasteiger partial charge < -0.3 is 29.4 Å². The van der Waals surface area contributed by atoms with Gasteiger partial charge in [-0.3, -0.25) is 19.2 Å². The van der Waals surface area contributed by atoms with Gasteiger partial charge in [-0.2, -0.15) is 14.9 Å². The SMILES string of the molecule is CCCC(=O)OCC.CCOC(=O)Cc1nnc(C)s1.Cc1nnc(Br)s1.Cc1nncs1.O=C(O)c1ccccn1.O=C=O.O=N[O-].[C-]#[N+]C(C#N)C(C)(C(=O)OCC)c1nnc(C)s1.[Na+]. The number of nitrogens with zero attached hydrogens (tertiary/aromatic N) is 12. The molecule has 1 N–H and O–H groups in total. The van der Waals surface area contributed by atoms with E-state index in [1.807, 2.05) is 40.7 Å². The minimum Gasteiger partial charge on any atom is -0.477 e. The number of hydrogen-bond acceptors (Lipinski definition) is 26. The zero-order valence-corrected chi connectivity index (χ0v) is 44.9. The topological polar surface area (TPSA) is 347 Å². The summed E-state index contributed by atoms with van der Waals surface area (Å²) in [7, 11) is 0. The van der Waals surface area contributed by atoms with Crippen molar-refractivity contribution in [2.45, 2.75) is 93.0 Å². The van der Waals surface area contributed by atoms with Gasteiger partial charge in [0.2, 0.25) is 5.41 Å². The van der Waals surface area contributed by atoms with E-state index >= 15 is 0 Å². The molecule has 2 unspecified atom stereocenters. The van der Waals surface area contributed by atoms with Crippen LogP contribution in [-0.4, -0.2) is 107 Å². The van der Waals surface area contributed by atoms with Crippen LogP contribution >= 0.6 is 61.3 Å². The molecule has 0 aliphatic heterocycles. The smallest absolute Gasteiger partial charge is 0.477 e. The molecule has 0 fully saturated rings. The van der Waals surface area contributed by atoms with Gasteiger partial charge in [0.15, 0.2) is 9.99 Å². The molecule has 5 heterocycles. The zero-order valence-electron chi connectivity index (χ0n) is 38.0. The van der Waals surface area contributed by atoms with Crippen LogP contribution in [0.1, 0.15) is 88.0 Å². The first-order valence-electron chi connectivity index (χ1n) is 18.5. The summed E-state index contributed by atoms with van der Waals surface area (Å²) in [4.78, 5) is 74.6. The molecule has 5 rings (SSSR count). The van der Waals surface area contributed by atoms with Gasteiger partial charge in [0.25, 0.3) is 0 Å². The monoisotopic (exact) mass is 1080 g/mol. The Morgan fingerprint density at radius 3 is 1.73 bits per heavy atom. The van der Waals surface area contributed by atoms with E-state index in [1.165, 1.54) is 53.2 Å². The molecular weight excluding hydrogens is 1040 g/mol. The molecule has 5 aromatic rings. The number of hydrogen-bond donors (Lipinski definition) is 1. The van der Waals surface area contributed by atoms with Gasteiger partial charge in [-0.1, -0.05) is 24.3 Å². The Labute approximate surface area is 432 Å². The molecule has 67 heavy (non-hydrogen) atoms. The fourth-order valence-electron chi connectivity index (χ4n) is 3.56. The molecule has 0 radical (unpaired) electrons. The van der Waals surface area contributed by atoms with Crippen molar-refractivity contribution in [2.24, 2.45) is 5.34 Å². The molecule has 0 aromatic carbocycles. The summed E-state index contributed by atoms with van der Waals surface area (Å²) in [5.41, 5.74) is 0.408. The average Bonchev–Trinajstić information content (AvgIpc) is 4.11. The predicted octanol–water partition coefficient (Wildman–Crippen LogP) is 3.69. The van der Waals surface area contributed by atoms with Crippen LogP contribution in [0.3, 0.4) is 0 Å². The summed E-state index contributed by atoms with van der Waals surface area (Å²) in [5, 5.41) is 61.0. The van der Waals surface area contributed by atoms with Crippen LogP contribution in [0.15, 0.2) is 39.2 Å². The zero-order chi connectivity index (χ0) is 50.9. The molecule has 24 nitrogen and oxygen atoms in total. The third kappa shape index (κ3) is 33.6. The normalized spacial score (nSPS) is 10.1. The molecule has 5 aromatic heterocycles. The average molecular weight is 1080 g/mol. The van der Waals surface area contributed by atoms with Crippen LogP contribution < -0.4 is 29.6 Å². The number of carboxylic acids is 1. The Balaban J connectivity index is -0.000000358. The fourth-order valence-corrected chi connectivity index (χ4v) is 6.64. The third-order valence-electron chi connectivity index (χ3n) is 6.25. The maximum Gasteiger partial charge on any atom is 1.00 e. The molecule has 358 valence electrons. The second kappa shape index (κ2) is 43.1. The van der Waals surface area contributed by atoms with Crippen LogP contribution in [0.5, 0.6) is 0 Å². The quantitative estimate of drug-likeness (QED) is 0.0492. The van der Waals surface area contributed by atoms with Crippen molar-refractivity contribution in [3.05, 3.63) is 91.1 Å². The van der Waals surface area contributed by atoms with Crippen molar-refractivity contribution in [3.63, 3.8) is 0 Å². The van der Waals surface area contributed by atoms with Gasteiger partial charge in [0.05, 0.1) is 26.2 Å². The van der Waals surface area contributed by atoms with E-state index in [0.717, 1.165) is 30.7 Å². The van der Waals surface area contributed by atoms with E-state index in [4.69, 9.17) is 46.1 Å². The number of carbonyl (C=O) groups is 4. The molecule has 2 atom stereocenters. The van der Waals surface area contributed by atoms with E-state index in [1.54, 1.807) is 49.8 Å². The van der Waals surface area contributed by atoms with Crippen LogP contribution in [-0.2, 0) is 50.0 Å². The summed E-state index contributed by atoms with van der Waals surface area (Å²) in [5.74, 6) is -1.94. The van der Waals surface area contributed by atoms with E-state index in [0.29, 0.717) is 34.7 Å². The Kier molecular flexibility index (Phi) is 43.8. The molecule has 0 amide bonds. The minimum atomic E-state index is -1.39. The number of aromatic carboxylic acids is 1. The van der Waals surface area contributed by atoms with Crippen LogP contribution in [0, 0.1) is 55.7 Å². The molecular formula is C37H46BrN12NaO12S4. The van der Waals surface area contributed by atoms with Gasteiger partial charge in [-0.15, -0.1) is 80.1 Å². The minimum absolute atomic E-state index is 0. The molecule has 0 aliphatic carbocycles. The number of carboxylic acid groups (broad SMARTS) is 1. The second-order valence-corrected chi connectivity index (χ2v) is 17.1. The van der Waals surface area contributed by atoms with E-state index < -0.39 is 23.4 Å². The Bertz CT molecular complexity index is 2200. The van der Waals surface area contributed by atoms with Gasteiger partial charge in [-0.25, -0.2) is 16.4 Å². The Hall–Kier alpha value is -5.49. The van der Waals surface area contributed by atoms with Crippen LogP contribution in [0.25, 0.3) is 4.85 Å². The van der Waals surface area contributed by atoms with Gasteiger partial charge in [0, 0.05) is 12.6 Å². The Morgan fingerprint density at radius 2 is 1.42 bits per heavy atom.